The van der Waals surface area contributed by atoms with E-state index in [1.165, 1.54) is 0 Å². The van der Waals surface area contributed by atoms with Gasteiger partial charge in [-0.05, 0) is 31.7 Å². The van der Waals surface area contributed by atoms with Crippen molar-refractivity contribution in [3.05, 3.63) is 11.9 Å². The van der Waals surface area contributed by atoms with Gasteiger partial charge in [0.15, 0.2) is 0 Å². The lowest BCUT2D eigenvalue weighted by molar-refractivity contribution is -0.136. The van der Waals surface area contributed by atoms with Gasteiger partial charge >= 0.3 is 0 Å². The Labute approximate surface area is 150 Å². The molecule has 8 heteroatoms. The average Bonchev–Trinajstić information content (AvgIpc) is 3.14. The molecule has 0 radical (unpaired) electrons. The van der Waals surface area contributed by atoms with E-state index in [-0.39, 0.29) is 18.0 Å². The first kappa shape index (κ1) is 19.8. The fourth-order valence-electron chi connectivity index (χ4n) is 3.09. The van der Waals surface area contributed by atoms with Crippen molar-refractivity contribution < 1.29 is 4.79 Å². The fraction of sp³-hybridized carbons (Fsp3) is 0.824. The van der Waals surface area contributed by atoms with Gasteiger partial charge in [0.2, 0.25) is 5.91 Å². The highest BCUT2D eigenvalue weighted by Crippen LogP contribution is 2.23. The number of unbranched alkanes of at least 4 members (excludes halogenated alkanes) is 1. The number of hydrogen-bond donors (Lipinski definition) is 3. The average molecular weight is 351 g/mol. The summed E-state index contributed by atoms with van der Waals surface area (Å²) >= 11 is 0. The van der Waals surface area contributed by atoms with Gasteiger partial charge in [0.25, 0.3) is 0 Å². The Morgan fingerprint density at radius 2 is 2.08 bits per heavy atom. The van der Waals surface area contributed by atoms with E-state index >= 15 is 0 Å². The summed E-state index contributed by atoms with van der Waals surface area (Å²) in [5.41, 5.74) is 12.6. The van der Waals surface area contributed by atoms with E-state index in [0.717, 1.165) is 57.6 Å². The minimum Gasteiger partial charge on any atom is -0.338 e. The molecule has 0 aromatic carbocycles. The number of amides is 1. The van der Waals surface area contributed by atoms with Gasteiger partial charge < -0.3 is 21.7 Å². The van der Waals surface area contributed by atoms with Gasteiger partial charge in [0.1, 0.15) is 6.04 Å². The van der Waals surface area contributed by atoms with Crippen LogP contribution in [0.4, 0.5) is 0 Å². The van der Waals surface area contributed by atoms with E-state index < -0.39 is 0 Å². The highest BCUT2D eigenvalue weighted by atomic mass is 16.2. The summed E-state index contributed by atoms with van der Waals surface area (Å²) in [6, 6.07) is -0.479. The largest absolute Gasteiger partial charge is 0.338 e. The molecule has 0 saturated carbocycles. The van der Waals surface area contributed by atoms with E-state index in [9.17, 15) is 4.79 Å². The monoisotopic (exact) mass is 351 g/mol. The molecule has 0 spiro atoms. The molecule has 2 rings (SSSR count). The quantitative estimate of drug-likeness (QED) is 0.556. The molecule has 0 bridgehead atoms. The van der Waals surface area contributed by atoms with Gasteiger partial charge in [-0.2, -0.15) is 0 Å². The zero-order valence-corrected chi connectivity index (χ0v) is 15.5. The minimum atomic E-state index is -0.324. The number of carbonyl (C=O) groups excluding carboxylic acids is 1. The molecule has 2 heterocycles. The molecule has 25 heavy (non-hydrogen) atoms. The van der Waals surface area contributed by atoms with Crippen LogP contribution in [0, 0.1) is 5.92 Å². The first-order chi connectivity index (χ1) is 12.1. The van der Waals surface area contributed by atoms with Crippen LogP contribution in [0.25, 0.3) is 0 Å². The first-order valence-electron chi connectivity index (χ1n) is 9.45. The lowest BCUT2D eigenvalue weighted by atomic mass is 9.98. The third-order valence-electron chi connectivity index (χ3n) is 5.09. The third kappa shape index (κ3) is 5.23. The highest BCUT2D eigenvalue weighted by Gasteiger charge is 2.28. The zero-order valence-electron chi connectivity index (χ0n) is 15.5. The molecule has 3 atom stereocenters. The molecule has 5 N–H and O–H groups in total. The molecule has 1 aromatic heterocycles. The number of piperazine rings is 1. The standard InChI is InChI=1S/C17H33N7O/c1-3-13(2)16(19)14-12-24(22-21-14)15(6-4-5-7-18)17(25)23-10-8-20-9-11-23/h12-13,15-16,20H,3-11,18-19H2,1-2H3/t13?,15-,16-/m0/s1. The molecule has 1 unspecified atom stereocenters. The lowest BCUT2D eigenvalue weighted by Gasteiger charge is -2.30. The molecule has 8 nitrogen and oxygen atoms in total. The van der Waals surface area contributed by atoms with E-state index in [0.29, 0.717) is 12.5 Å². The van der Waals surface area contributed by atoms with Crippen LogP contribution in [0.3, 0.4) is 0 Å². The van der Waals surface area contributed by atoms with Crippen LogP contribution >= 0.6 is 0 Å². The molecule has 1 fully saturated rings. The molecule has 1 aliphatic heterocycles. The van der Waals surface area contributed by atoms with E-state index in [2.05, 4.69) is 29.5 Å². The van der Waals surface area contributed by atoms with Gasteiger partial charge in [0, 0.05) is 26.2 Å². The fourth-order valence-corrected chi connectivity index (χ4v) is 3.09. The molecule has 1 amide bonds. The predicted octanol–water partition coefficient (Wildman–Crippen LogP) is 0.426. The number of nitrogens with one attached hydrogen (secondary N) is 1. The molecule has 142 valence electrons. The molecular weight excluding hydrogens is 318 g/mol. The van der Waals surface area contributed by atoms with Crippen molar-refractivity contribution >= 4 is 5.91 Å². The molecule has 1 aromatic rings. The van der Waals surface area contributed by atoms with Gasteiger partial charge in [-0.3, -0.25) is 4.79 Å². The van der Waals surface area contributed by atoms with Gasteiger partial charge in [-0.15, -0.1) is 5.10 Å². The lowest BCUT2D eigenvalue weighted by Crippen LogP contribution is -2.48. The summed E-state index contributed by atoms with van der Waals surface area (Å²) in [4.78, 5) is 14.9. The van der Waals surface area contributed by atoms with Gasteiger partial charge in [-0.1, -0.05) is 25.5 Å². The maximum Gasteiger partial charge on any atom is 0.247 e. The number of hydrogen-bond acceptors (Lipinski definition) is 6. The van der Waals surface area contributed by atoms with Crippen LogP contribution < -0.4 is 16.8 Å². The van der Waals surface area contributed by atoms with Gasteiger partial charge in [-0.25, -0.2) is 4.68 Å². The summed E-state index contributed by atoms with van der Waals surface area (Å²) < 4.78 is 1.71. The SMILES string of the molecule is CCC(C)[C@H](N)c1cn([C@@H](CCCCN)C(=O)N2CCNCC2)nn1. The van der Waals surface area contributed by atoms with E-state index in [4.69, 9.17) is 11.5 Å². The second-order valence-electron chi connectivity index (χ2n) is 6.91. The smallest absolute Gasteiger partial charge is 0.247 e. The molecule has 1 saturated heterocycles. The number of aromatic nitrogens is 3. The Morgan fingerprint density at radius 1 is 1.36 bits per heavy atom. The normalized spacial score (nSPS) is 18.8. The minimum absolute atomic E-state index is 0.118. The van der Waals surface area contributed by atoms with Crippen molar-refractivity contribution in [3.63, 3.8) is 0 Å². The number of nitrogens with zero attached hydrogens (tertiary/aromatic N) is 4. The Bertz CT molecular complexity index is 527. The van der Waals surface area contributed by atoms with Crippen LogP contribution in [-0.2, 0) is 4.79 Å². The van der Waals surface area contributed by atoms with Crippen molar-refractivity contribution in [2.24, 2.45) is 17.4 Å². The van der Waals surface area contributed by atoms with E-state index in [1.54, 1.807) is 4.68 Å². The summed E-state index contributed by atoms with van der Waals surface area (Å²) in [5, 5.41) is 11.8. The summed E-state index contributed by atoms with van der Waals surface area (Å²) in [5.74, 6) is 0.441. The van der Waals surface area contributed by atoms with Crippen LogP contribution in [0.5, 0.6) is 0 Å². The van der Waals surface area contributed by atoms with Gasteiger partial charge in [0.05, 0.1) is 17.9 Å². The third-order valence-corrected chi connectivity index (χ3v) is 5.09. The Kier molecular flexibility index (Phi) is 7.80. The molecular formula is C17H33N7O. The van der Waals surface area contributed by atoms with Crippen LogP contribution in [0.1, 0.15) is 57.3 Å². The van der Waals surface area contributed by atoms with Crippen LogP contribution in [0.15, 0.2) is 6.20 Å². The van der Waals surface area contributed by atoms with Crippen molar-refractivity contribution in [1.29, 1.82) is 0 Å². The molecule has 1 aliphatic rings. The highest BCUT2D eigenvalue weighted by molar-refractivity contribution is 5.80. The Balaban J connectivity index is 2.14. The van der Waals surface area contributed by atoms with Crippen molar-refractivity contribution in [1.82, 2.24) is 25.2 Å². The number of nitrogens with two attached hydrogens (primary N) is 2. The zero-order chi connectivity index (χ0) is 18.2. The van der Waals surface area contributed by atoms with Crippen molar-refractivity contribution in [2.75, 3.05) is 32.7 Å². The van der Waals surface area contributed by atoms with Crippen molar-refractivity contribution in [3.8, 4) is 0 Å². The van der Waals surface area contributed by atoms with Crippen LogP contribution in [-0.4, -0.2) is 58.5 Å². The second-order valence-corrected chi connectivity index (χ2v) is 6.91. The first-order valence-corrected chi connectivity index (χ1v) is 9.45. The van der Waals surface area contributed by atoms with E-state index in [1.807, 2.05) is 11.1 Å². The maximum atomic E-state index is 13.0. The predicted molar refractivity (Wildman–Crippen MR) is 97.8 cm³/mol. The summed E-state index contributed by atoms with van der Waals surface area (Å²) in [6.07, 6.45) is 5.35. The van der Waals surface area contributed by atoms with Crippen molar-refractivity contribution in [2.45, 2.75) is 51.6 Å². The summed E-state index contributed by atoms with van der Waals surface area (Å²) in [7, 11) is 0. The number of carbonyl (C=O) groups is 1. The van der Waals surface area contributed by atoms with Crippen LogP contribution in [0.2, 0.25) is 0 Å². The topological polar surface area (TPSA) is 115 Å². The number of rotatable bonds is 9. The maximum absolute atomic E-state index is 13.0. The molecule has 0 aliphatic carbocycles. The second kappa shape index (κ2) is 9.84. The summed E-state index contributed by atoms with van der Waals surface area (Å²) in [6.45, 7) is 7.99. The Morgan fingerprint density at radius 3 is 2.72 bits per heavy atom. The Hall–Kier alpha value is -1.51.